The first-order valence-corrected chi connectivity index (χ1v) is 11.0. The number of hydrogen-bond donors (Lipinski definition) is 2. The molecule has 4 saturated carbocycles. The minimum atomic E-state index is -0.891. The van der Waals surface area contributed by atoms with Crippen LogP contribution in [-0.2, 0) is 9.53 Å². The second kappa shape index (κ2) is 9.27. The van der Waals surface area contributed by atoms with Gasteiger partial charge in [0.2, 0.25) is 5.83 Å². The maximum Gasteiger partial charge on any atom is 0.367 e. The zero-order valence-electron chi connectivity index (χ0n) is 17.3. The van der Waals surface area contributed by atoms with Gasteiger partial charge in [-0.2, -0.15) is 4.39 Å². The van der Waals surface area contributed by atoms with Gasteiger partial charge in [0.25, 0.3) is 0 Å². The molecule has 0 aromatic carbocycles. The summed E-state index contributed by atoms with van der Waals surface area (Å²) in [7, 11) is 0. The van der Waals surface area contributed by atoms with Crippen molar-refractivity contribution in [2.45, 2.75) is 89.7 Å². The molecule has 4 aliphatic carbocycles. The van der Waals surface area contributed by atoms with E-state index in [1.807, 2.05) is 0 Å². The van der Waals surface area contributed by atoms with Crippen LogP contribution in [0.2, 0.25) is 0 Å². The number of rotatable bonds is 9. The summed E-state index contributed by atoms with van der Waals surface area (Å²) >= 11 is 0. The van der Waals surface area contributed by atoms with E-state index in [4.69, 9.17) is 4.74 Å². The van der Waals surface area contributed by atoms with Gasteiger partial charge in [-0.1, -0.05) is 6.42 Å². The van der Waals surface area contributed by atoms with Gasteiger partial charge in [-0.15, -0.1) is 0 Å². The van der Waals surface area contributed by atoms with Gasteiger partial charge in [-0.3, -0.25) is 0 Å². The summed E-state index contributed by atoms with van der Waals surface area (Å²) in [5, 5.41) is 6.29. The molecule has 0 aliphatic heterocycles. The Balaban J connectivity index is 1.27. The van der Waals surface area contributed by atoms with Gasteiger partial charge in [0.1, 0.15) is 0 Å². The predicted molar refractivity (Wildman–Crippen MR) is 106 cm³/mol. The number of nitrogens with one attached hydrogen (secondary N) is 2. The van der Waals surface area contributed by atoms with Gasteiger partial charge in [-0.05, 0) is 95.5 Å². The van der Waals surface area contributed by atoms with Crippen molar-refractivity contribution in [3.8, 4) is 0 Å². The molecular weight excluding hydrogens is 359 g/mol. The molecule has 6 heteroatoms. The second-order valence-electron chi connectivity index (χ2n) is 9.43. The fourth-order valence-corrected chi connectivity index (χ4v) is 5.78. The summed E-state index contributed by atoms with van der Waals surface area (Å²) in [6, 6.07) is -0.0377. The molecule has 5 nitrogen and oxygen atoms in total. The van der Waals surface area contributed by atoms with Crippen molar-refractivity contribution < 1.29 is 18.7 Å². The number of amides is 2. The number of ether oxygens (including phenoxy) is 1. The van der Waals surface area contributed by atoms with Crippen molar-refractivity contribution in [3.05, 3.63) is 11.9 Å². The van der Waals surface area contributed by atoms with E-state index in [1.165, 1.54) is 25.3 Å². The summed E-state index contributed by atoms with van der Waals surface area (Å²) in [6.45, 7) is 4.01. The molecule has 0 aromatic heterocycles. The van der Waals surface area contributed by atoms with Crippen LogP contribution in [0.25, 0.3) is 0 Å². The van der Waals surface area contributed by atoms with Crippen LogP contribution >= 0.6 is 0 Å². The molecule has 0 atom stereocenters. The Morgan fingerprint density at radius 1 is 1.07 bits per heavy atom. The van der Waals surface area contributed by atoms with Crippen molar-refractivity contribution in [2.24, 2.45) is 17.8 Å². The normalized spacial score (nSPS) is 31.1. The lowest BCUT2D eigenvalue weighted by Crippen LogP contribution is -2.61. The van der Waals surface area contributed by atoms with Gasteiger partial charge in [-0.25, -0.2) is 9.59 Å². The van der Waals surface area contributed by atoms with Gasteiger partial charge in [0.15, 0.2) is 0 Å². The smallest absolute Gasteiger partial charge is 0.367 e. The quantitative estimate of drug-likeness (QED) is 0.341. The zero-order valence-corrected chi connectivity index (χ0v) is 17.3. The first-order valence-electron chi connectivity index (χ1n) is 11.0. The van der Waals surface area contributed by atoms with Crippen molar-refractivity contribution >= 4 is 12.0 Å². The largest absolute Gasteiger partial charge is 0.458 e. The molecule has 28 heavy (non-hydrogen) atoms. The fourth-order valence-electron chi connectivity index (χ4n) is 5.78. The Kier molecular flexibility index (Phi) is 7.00. The number of unbranched alkanes of at least 4 members (excludes halogenated alkanes) is 3. The third-order valence-electron chi connectivity index (χ3n) is 6.44. The van der Waals surface area contributed by atoms with Crippen LogP contribution in [0.4, 0.5) is 9.18 Å². The van der Waals surface area contributed by atoms with Crippen LogP contribution in [-0.4, -0.2) is 30.2 Å². The fraction of sp³-hybridized carbons (Fsp3) is 0.818. The SMILES string of the molecule is CC(C)OC(=O)C(F)=CCCCCCNC(=O)NC12CC3CC(CC(C3)C1)C2. The molecule has 158 valence electrons. The molecule has 0 spiro atoms. The molecule has 0 aromatic rings. The van der Waals surface area contributed by atoms with Crippen molar-refractivity contribution in [2.75, 3.05) is 6.54 Å². The topological polar surface area (TPSA) is 67.4 Å². The molecule has 2 amide bonds. The summed E-state index contributed by atoms with van der Waals surface area (Å²) in [4.78, 5) is 23.7. The highest BCUT2D eigenvalue weighted by molar-refractivity contribution is 5.85. The second-order valence-corrected chi connectivity index (χ2v) is 9.43. The summed E-state index contributed by atoms with van der Waals surface area (Å²) in [5.41, 5.74) is 0.0474. The van der Waals surface area contributed by atoms with Crippen LogP contribution in [0.3, 0.4) is 0 Å². The highest BCUT2D eigenvalue weighted by Gasteiger charge is 2.51. The van der Waals surface area contributed by atoms with Crippen LogP contribution in [0, 0.1) is 17.8 Å². The first kappa shape index (κ1) is 21.1. The molecule has 2 N–H and O–H groups in total. The Hall–Kier alpha value is -1.59. The first-order chi connectivity index (χ1) is 13.3. The minimum Gasteiger partial charge on any atom is -0.458 e. The van der Waals surface area contributed by atoms with E-state index in [1.54, 1.807) is 13.8 Å². The lowest BCUT2D eigenvalue weighted by Gasteiger charge is -2.56. The van der Waals surface area contributed by atoms with E-state index in [-0.39, 0.29) is 17.7 Å². The summed E-state index contributed by atoms with van der Waals surface area (Å²) in [6.07, 6.45) is 11.5. The number of carbonyl (C=O) groups is 2. The van der Waals surface area contributed by atoms with E-state index in [2.05, 4.69) is 10.6 Å². The molecular formula is C22H35FN2O3. The minimum absolute atomic E-state index is 0.0377. The molecule has 4 rings (SSSR count). The van der Waals surface area contributed by atoms with Gasteiger partial charge >= 0.3 is 12.0 Å². The number of allylic oxidation sites excluding steroid dienone is 1. The van der Waals surface area contributed by atoms with Gasteiger partial charge in [0.05, 0.1) is 6.10 Å². The average Bonchev–Trinajstić information content (AvgIpc) is 2.58. The van der Waals surface area contributed by atoms with Crippen molar-refractivity contribution in [3.63, 3.8) is 0 Å². The van der Waals surface area contributed by atoms with E-state index >= 15 is 0 Å². The van der Waals surface area contributed by atoms with E-state index < -0.39 is 11.8 Å². The van der Waals surface area contributed by atoms with E-state index in [0.717, 1.165) is 56.3 Å². The number of carbonyl (C=O) groups excluding carboxylic acids is 2. The third-order valence-corrected chi connectivity index (χ3v) is 6.44. The monoisotopic (exact) mass is 394 g/mol. The van der Waals surface area contributed by atoms with E-state index in [0.29, 0.717) is 13.0 Å². The molecule has 0 saturated heterocycles. The summed E-state index contributed by atoms with van der Waals surface area (Å²) < 4.78 is 18.3. The lowest BCUT2D eigenvalue weighted by atomic mass is 9.53. The third kappa shape index (κ3) is 5.71. The highest BCUT2D eigenvalue weighted by atomic mass is 19.1. The Bertz CT molecular complexity index is 567. The van der Waals surface area contributed by atoms with Crippen LogP contribution in [0.5, 0.6) is 0 Å². The maximum absolute atomic E-state index is 13.5. The molecule has 0 unspecified atom stereocenters. The number of hydrogen-bond acceptors (Lipinski definition) is 3. The average molecular weight is 395 g/mol. The molecule has 0 radical (unpaired) electrons. The highest BCUT2D eigenvalue weighted by Crippen LogP contribution is 2.55. The van der Waals surface area contributed by atoms with Crippen molar-refractivity contribution in [1.29, 1.82) is 0 Å². The maximum atomic E-state index is 13.5. The van der Waals surface area contributed by atoms with E-state index in [9.17, 15) is 14.0 Å². The van der Waals surface area contributed by atoms with Gasteiger partial charge < -0.3 is 15.4 Å². The Morgan fingerprint density at radius 3 is 2.25 bits per heavy atom. The summed E-state index contributed by atoms with van der Waals surface area (Å²) in [5.74, 6) is 0.744. The van der Waals surface area contributed by atoms with Crippen molar-refractivity contribution in [1.82, 2.24) is 10.6 Å². The number of esters is 1. The van der Waals surface area contributed by atoms with Gasteiger partial charge in [0, 0.05) is 12.1 Å². The number of halogens is 1. The number of urea groups is 1. The Morgan fingerprint density at radius 2 is 1.68 bits per heavy atom. The lowest BCUT2D eigenvalue weighted by molar-refractivity contribution is -0.144. The molecule has 4 bridgehead atoms. The van der Waals surface area contributed by atoms with Crippen LogP contribution in [0.1, 0.15) is 78.1 Å². The standard InChI is InChI=1S/C22H35FN2O3/c1-15(2)28-20(26)19(23)7-5-3-4-6-8-24-21(27)25-22-12-16-9-17(13-22)11-18(10-16)14-22/h7,15-18H,3-6,8-14H2,1-2H3,(H2,24,25,27). The zero-order chi connectivity index (χ0) is 20.1. The van der Waals surface area contributed by atoms with Crippen LogP contribution in [0.15, 0.2) is 11.9 Å². The molecule has 4 fully saturated rings. The van der Waals surface area contributed by atoms with Crippen LogP contribution < -0.4 is 10.6 Å². The predicted octanol–water partition coefficient (Wildman–Crippen LogP) is 4.62. The molecule has 0 heterocycles. The molecule has 4 aliphatic rings. The Labute approximate surface area is 167 Å².